The Morgan fingerprint density at radius 2 is 1.70 bits per heavy atom. The van der Waals surface area contributed by atoms with E-state index < -0.39 is 5.97 Å². The zero-order valence-electron chi connectivity index (χ0n) is 12.2. The summed E-state index contributed by atoms with van der Waals surface area (Å²) in [5.41, 5.74) is 3.64. The fourth-order valence-corrected chi connectivity index (χ4v) is 2.91. The average Bonchev–Trinajstić information content (AvgIpc) is 3.22. The molecule has 112 valence electrons. The molecule has 0 aliphatic rings. The molecule has 0 aliphatic carbocycles. The van der Waals surface area contributed by atoms with Crippen molar-refractivity contribution in [3.05, 3.63) is 78.8 Å². The van der Waals surface area contributed by atoms with Crippen molar-refractivity contribution in [1.29, 1.82) is 0 Å². The number of hydrogen-bond acceptors (Lipinski definition) is 1. The summed E-state index contributed by atoms with van der Waals surface area (Å²) in [6.45, 7) is 0. The minimum absolute atomic E-state index is 0.218. The van der Waals surface area contributed by atoms with Crippen LogP contribution in [0, 0.1) is 0 Å². The van der Waals surface area contributed by atoms with Crippen molar-refractivity contribution >= 4 is 16.9 Å². The second-order valence-corrected chi connectivity index (χ2v) is 5.37. The van der Waals surface area contributed by atoms with Gasteiger partial charge in [-0.1, -0.05) is 30.3 Å². The van der Waals surface area contributed by atoms with Crippen LogP contribution in [0.4, 0.5) is 0 Å². The van der Waals surface area contributed by atoms with E-state index in [1.165, 1.54) is 0 Å². The number of nitrogens with zero attached hydrogens (tertiary/aromatic N) is 1. The SMILES string of the molecule is O=C(O)c1[nH]c2ccc(-n3cccc3)cc2c1-c1ccccc1. The highest BCUT2D eigenvalue weighted by Crippen LogP contribution is 2.33. The summed E-state index contributed by atoms with van der Waals surface area (Å²) >= 11 is 0. The van der Waals surface area contributed by atoms with Crippen molar-refractivity contribution in [1.82, 2.24) is 9.55 Å². The highest BCUT2D eigenvalue weighted by molar-refractivity contribution is 6.07. The fourth-order valence-electron chi connectivity index (χ4n) is 2.91. The first kappa shape index (κ1) is 13.4. The largest absolute Gasteiger partial charge is 0.477 e. The predicted molar refractivity (Wildman–Crippen MR) is 90.0 cm³/mol. The number of aromatic carboxylic acids is 1. The molecule has 4 aromatic rings. The summed E-state index contributed by atoms with van der Waals surface area (Å²) in [6.07, 6.45) is 3.93. The number of nitrogens with one attached hydrogen (secondary N) is 1. The van der Waals surface area contributed by atoms with Gasteiger partial charge in [0.05, 0.1) is 0 Å². The second-order valence-electron chi connectivity index (χ2n) is 5.37. The van der Waals surface area contributed by atoms with Crippen molar-refractivity contribution in [3.63, 3.8) is 0 Å². The lowest BCUT2D eigenvalue weighted by Crippen LogP contribution is -1.98. The van der Waals surface area contributed by atoms with E-state index >= 15 is 0 Å². The van der Waals surface area contributed by atoms with Gasteiger partial charge in [-0.2, -0.15) is 0 Å². The first-order valence-corrected chi connectivity index (χ1v) is 7.32. The Morgan fingerprint density at radius 3 is 2.39 bits per heavy atom. The molecule has 0 spiro atoms. The standard InChI is InChI=1S/C19H14N2O2/c22-19(23)18-17(13-6-2-1-3-7-13)15-12-14(8-9-16(15)20-18)21-10-4-5-11-21/h1-12,20H,(H,22,23). The van der Waals surface area contributed by atoms with Gasteiger partial charge >= 0.3 is 5.97 Å². The minimum atomic E-state index is -0.956. The fraction of sp³-hybridized carbons (Fsp3) is 0. The molecule has 0 saturated heterocycles. The molecule has 0 radical (unpaired) electrons. The van der Waals surface area contributed by atoms with Crippen molar-refractivity contribution in [2.45, 2.75) is 0 Å². The third-order valence-electron chi connectivity index (χ3n) is 3.96. The van der Waals surface area contributed by atoms with Gasteiger partial charge in [0.25, 0.3) is 0 Å². The normalized spacial score (nSPS) is 11.0. The molecule has 2 aromatic heterocycles. The smallest absolute Gasteiger partial charge is 0.352 e. The van der Waals surface area contributed by atoms with E-state index in [1.807, 2.05) is 77.6 Å². The van der Waals surface area contributed by atoms with Crippen LogP contribution >= 0.6 is 0 Å². The topological polar surface area (TPSA) is 58.0 Å². The van der Waals surface area contributed by atoms with Crippen molar-refractivity contribution in [3.8, 4) is 16.8 Å². The highest BCUT2D eigenvalue weighted by Gasteiger charge is 2.18. The van der Waals surface area contributed by atoms with Crippen molar-refractivity contribution < 1.29 is 9.90 Å². The Balaban J connectivity index is 2.02. The van der Waals surface area contributed by atoms with E-state index in [4.69, 9.17) is 0 Å². The summed E-state index contributed by atoms with van der Waals surface area (Å²) in [5, 5.41) is 10.4. The number of hydrogen-bond donors (Lipinski definition) is 2. The Bertz CT molecular complexity index is 983. The Kier molecular flexibility index (Phi) is 3.01. The van der Waals surface area contributed by atoms with Gasteiger partial charge in [0, 0.05) is 34.5 Å². The summed E-state index contributed by atoms with van der Waals surface area (Å²) in [6, 6.07) is 19.4. The zero-order valence-corrected chi connectivity index (χ0v) is 12.2. The van der Waals surface area contributed by atoms with Gasteiger partial charge in [-0.15, -0.1) is 0 Å². The lowest BCUT2D eigenvalue weighted by Gasteiger charge is -2.05. The predicted octanol–water partition coefficient (Wildman–Crippen LogP) is 4.32. The van der Waals surface area contributed by atoms with Crippen molar-refractivity contribution in [2.24, 2.45) is 0 Å². The summed E-state index contributed by atoms with van der Waals surface area (Å²) < 4.78 is 2.00. The molecule has 0 bridgehead atoms. The van der Waals surface area contributed by atoms with Crippen LogP contribution in [0.15, 0.2) is 73.1 Å². The molecule has 0 fully saturated rings. The van der Waals surface area contributed by atoms with Gasteiger partial charge in [-0.25, -0.2) is 4.79 Å². The molecule has 0 unspecified atom stereocenters. The van der Waals surface area contributed by atoms with Crippen LogP contribution in [-0.4, -0.2) is 20.6 Å². The number of aromatic amines is 1. The van der Waals surface area contributed by atoms with Crippen LogP contribution in [0.3, 0.4) is 0 Å². The number of fused-ring (bicyclic) bond motifs is 1. The molecule has 0 amide bonds. The molecule has 0 aliphatic heterocycles. The Labute approximate surface area is 132 Å². The molecular formula is C19H14N2O2. The van der Waals surface area contributed by atoms with Crippen LogP contribution in [0.2, 0.25) is 0 Å². The molecule has 4 rings (SSSR count). The quantitative estimate of drug-likeness (QED) is 0.592. The Morgan fingerprint density at radius 1 is 0.957 bits per heavy atom. The molecular weight excluding hydrogens is 288 g/mol. The minimum Gasteiger partial charge on any atom is -0.477 e. The highest BCUT2D eigenvalue weighted by atomic mass is 16.4. The molecule has 0 atom stereocenters. The van der Waals surface area contributed by atoms with Crippen LogP contribution in [0.25, 0.3) is 27.7 Å². The van der Waals surface area contributed by atoms with E-state index in [1.54, 1.807) is 0 Å². The van der Waals surface area contributed by atoms with E-state index in [0.717, 1.165) is 27.7 Å². The van der Waals surface area contributed by atoms with E-state index in [9.17, 15) is 9.90 Å². The van der Waals surface area contributed by atoms with Gasteiger partial charge in [0.1, 0.15) is 5.69 Å². The molecule has 0 saturated carbocycles. The van der Waals surface area contributed by atoms with Gasteiger partial charge < -0.3 is 14.7 Å². The molecule has 2 heterocycles. The van der Waals surface area contributed by atoms with E-state index in [2.05, 4.69) is 4.98 Å². The lowest BCUT2D eigenvalue weighted by molar-refractivity contribution is 0.0692. The number of carbonyl (C=O) groups is 1. The maximum atomic E-state index is 11.6. The monoisotopic (exact) mass is 302 g/mol. The van der Waals surface area contributed by atoms with Gasteiger partial charge in [-0.05, 0) is 35.9 Å². The number of carboxylic acid groups (broad SMARTS) is 1. The number of aromatic nitrogens is 2. The summed E-state index contributed by atoms with van der Waals surface area (Å²) in [5.74, 6) is -0.956. The lowest BCUT2D eigenvalue weighted by atomic mass is 10.0. The maximum absolute atomic E-state index is 11.6. The molecule has 2 N–H and O–H groups in total. The zero-order chi connectivity index (χ0) is 15.8. The molecule has 4 heteroatoms. The average molecular weight is 302 g/mol. The third kappa shape index (κ3) is 2.21. The van der Waals surface area contributed by atoms with E-state index in [-0.39, 0.29) is 5.69 Å². The second kappa shape index (κ2) is 5.18. The van der Waals surface area contributed by atoms with Crippen LogP contribution in [0.1, 0.15) is 10.5 Å². The Hall–Kier alpha value is -3.27. The van der Waals surface area contributed by atoms with Crippen LogP contribution in [0.5, 0.6) is 0 Å². The van der Waals surface area contributed by atoms with Gasteiger partial charge in [-0.3, -0.25) is 0 Å². The number of rotatable bonds is 3. The first-order chi connectivity index (χ1) is 11.2. The van der Waals surface area contributed by atoms with Crippen molar-refractivity contribution in [2.75, 3.05) is 0 Å². The van der Waals surface area contributed by atoms with Gasteiger partial charge in [0.15, 0.2) is 0 Å². The number of carboxylic acids is 1. The molecule has 2 aromatic carbocycles. The summed E-state index contributed by atoms with van der Waals surface area (Å²) in [7, 11) is 0. The number of benzene rings is 2. The maximum Gasteiger partial charge on any atom is 0.352 e. The first-order valence-electron chi connectivity index (χ1n) is 7.32. The van der Waals surface area contributed by atoms with Crippen LogP contribution in [-0.2, 0) is 0 Å². The number of H-pyrrole nitrogens is 1. The van der Waals surface area contributed by atoms with Crippen LogP contribution < -0.4 is 0 Å². The molecule has 4 nitrogen and oxygen atoms in total. The third-order valence-corrected chi connectivity index (χ3v) is 3.96. The van der Waals surface area contributed by atoms with E-state index in [0.29, 0.717) is 0 Å². The van der Waals surface area contributed by atoms with Gasteiger partial charge in [0.2, 0.25) is 0 Å². The molecule has 23 heavy (non-hydrogen) atoms. The summed E-state index contributed by atoms with van der Waals surface area (Å²) in [4.78, 5) is 14.7.